The van der Waals surface area contributed by atoms with Crippen molar-refractivity contribution in [2.24, 2.45) is 0 Å². The maximum atomic E-state index is 4.68. The Morgan fingerprint density at radius 1 is 1.12 bits per heavy atom. The molecule has 1 aliphatic heterocycles. The van der Waals surface area contributed by atoms with Crippen molar-refractivity contribution in [1.82, 2.24) is 15.3 Å². The molecule has 0 atom stereocenters. The summed E-state index contributed by atoms with van der Waals surface area (Å²) in [6.07, 6.45) is 4.37. The van der Waals surface area contributed by atoms with Crippen LogP contribution in [0.4, 0.5) is 0 Å². The van der Waals surface area contributed by atoms with E-state index >= 15 is 0 Å². The van der Waals surface area contributed by atoms with Crippen LogP contribution in [0.25, 0.3) is 0 Å². The van der Waals surface area contributed by atoms with E-state index in [1.165, 1.54) is 24.2 Å². The first kappa shape index (κ1) is 11.5. The average molecular weight is 219 g/mol. The Hall–Kier alpha value is -0.960. The maximum Gasteiger partial charge on any atom is 0.132 e. The molecule has 0 saturated carbocycles. The van der Waals surface area contributed by atoms with E-state index in [4.69, 9.17) is 0 Å². The standard InChI is InChI=1S/C13H21N3/c1-3-11-9-12(4-2)16-13(15-11)10-5-7-14-8-6-10/h9-10,14H,3-8H2,1-2H3. The summed E-state index contributed by atoms with van der Waals surface area (Å²) in [5.74, 6) is 1.65. The van der Waals surface area contributed by atoms with Crippen molar-refractivity contribution in [3.05, 3.63) is 23.3 Å². The van der Waals surface area contributed by atoms with Gasteiger partial charge in [0, 0.05) is 17.3 Å². The molecule has 0 amide bonds. The van der Waals surface area contributed by atoms with Crippen LogP contribution in [0.15, 0.2) is 6.07 Å². The molecular formula is C13H21N3. The summed E-state index contributed by atoms with van der Waals surface area (Å²) >= 11 is 0. The number of piperidine rings is 1. The second kappa shape index (κ2) is 5.39. The quantitative estimate of drug-likeness (QED) is 0.845. The largest absolute Gasteiger partial charge is 0.317 e. The number of aryl methyl sites for hydroxylation is 2. The van der Waals surface area contributed by atoms with Gasteiger partial charge in [0.25, 0.3) is 0 Å². The van der Waals surface area contributed by atoms with Crippen LogP contribution in [-0.2, 0) is 12.8 Å². The maximum absolute atomic E-state index is 4.68. The Kier molecular flexibility index (Phi) is 3.88. The number of hydrogen-bond acceptors (Lipinski definition) is 3. The van der Waals surface area contributed by atoms with Gasteiger partial charge in [0.05, 0.1) is 0 Å². The van der Waals surface area contributed by atoms with Gasteiger partial charge in [0.15, 0.2) is 0 Å². The van der Waals surface area contributed by atoms with Gasteiger partial charge in [0.2, 0.25) is 0 Å². The first-order valence-corrected chi connectivity index (χ1v) is 6.41. The number of rotatable bonds is 3. The van der Waals surface area contributed by atoms with Gasteiger partial charge in [-0.15, -0.1) is 0 Å². The number of nitrogens with zero attached hydrogens (tertiary/aromatic N) is 2. The first-order valence-electron chi connectivity index (χ1n) is 6.41. The summed E-state index contributed by atoms with van der Waals surface area (Å²) < 4.78 is 0. The number of hydrogen-bond donors (Lipinski definition) is 1. The van der Waals surface area contributed by atoms with Crippen molar-refractivity contribution >= 4 is 0 Å². The molecule has 2 heterocycles. The van der Waals surface area contributed by atoms with Crippen LogP contribution in [0.2, 0.25) is 0 Å². The van der Waals surface area contributed by atoms with E-state index in [0.717, 1.165) is 31.8 Å². The highest BCUT2D eigenvalue weighted by molar-refractivity contribution is 5.14. The van der Waals surface area contributed by atoms with Gasteiger partial charge in [-0.1, -0.05) is 13.8 Å². The van der Waals surface area contributed by atoms with E-state index < -0.39 is 0 Å². The van der Waals surface area contributed by atoms with E-state index in [-0.39, 0.29) is 0 Å². The predicted molar refractivity (Wildman–Crippen MR) is 65.6 cm³/mol. The molecule has 0 aromatic carbocycles. The van der Waals surface area contributed by atoms with Crippen LogP contribution in [0.5, 0.6) is 0 Å². The predicted octanol–water partition coefficient (Wildman–Crippen LogP) is 2.07. The Morgan fingerprint density at radius 3 is 2.19 bits per heavy atom. The van der Waals surface area contributed by atoms with Crippen LogP contribution < -0.4 is 5.32 Å². The lowest BCUT2D eigenvalue weighted by Crippen LogP contribution is -2.27. The highest BCUT2D eigenvalue weighted by Gasteiger charge is 2.18. The normalized spacial score (nSPS) is 17.6. The van der Waals surface area contributed by atoms with Gasteiger partial charge in [-0.2, -0.15) is 0 Å². The van der Waals surface area contributed by atoms with Gasteiger partial charge in [-0.3, -0.25) is 0 Å². The van der Waals surface area contributed by atoms with Gasteiger partial charge < -0.3 is 5.32 Å². The zero-order valence-electron chi connectivity index (χ0n) is 10.3. The van der Waals surface area contributed by atoms with Crippen LogP contribution >= 0.6 is 0 Å². The van der Waals surface area contributed by atoms with Gasteiger partial charge in [0.1, 0.15) is 5.82 Å². The lowest BCUT2D eigenvalue weighted by molar-refractivity contribution is 0.443. The average Bonchev–Trinajstić information content (AvgIpc) is 2.39. The van der Waals surface area contributed by atoms with E-state index in [2.05, 4.69) is 35.2 Å². The summed E-state index contributed by atoms with van der Waals surface area (Å²) in [4.78, 5) is 9.37. The molecule has 0 bridgehead atoms. The Labute approximate surface area is 97.7 Å². The van der Waals surface area contributed by atoms with Crippen molar-refractivity contribution in [2.45, 2.75) is 45.4 Å². The topological polar surface area (TPSA) is 37.8 Å². The molecule has 3 nitrogen and oxygen atoms in total. The molecular weight excluding hydrogens is 198 g/mol. The number of aromatic nitrogens is 2. The molecule has 1 saturated heterocycles. The van der Waals surface area contributed by atoms with Gasteiger partial charge >= 0.3 is 0 Å². The Bertz CT molecular complexity index is 321. The zero-order chi connectivity index (χ0) is 11.4. The molecule has 88 valence electrons. The lowest BCUT2D eigenvalue weighted by Gasteiger charge is -2.22. The van der Waals surface area contributed by atoms with Crippen molar-refractivity contribution < 1.29 is 0 Å². The van der Waals surface area contributed by atoms with Crippen LogP contribution in [0.3, 0.4) is 0 Å². The van der Waals surface area contributed by atoms with Gasteiger partial charge in [-0.25, -0.2) is 9.97 Å². The second-order valence-corrected chi connectivity index (χ2v) is 4.44. The highest BCUT2D eigenvalue weighted by atomic mass is 14.9. The molecule has 1 aromatic rings. The van der Waals surface area contributed by atoms with E-state index in [9.17, 15) is 0 Å². The van der Waals surface area contributed by atoms with Crippen molar-refractivity contribution in [3.63, 3.8) is 0 Å². The molecule has 1 fully saturated rings. The lowest BCUT2D eigenvalue weighted by atomic mass is 9.97. The van der Waals surface area contributed by atoms with Gasteiger partial charge in [-0.05, 0) is 44.8 Å². The Balaban J connectivity index is 2.24. The summed E-state index contributed by atoms with van der Waals surface area (Å²) in [5, 5.41) is 3.39. The third-order valence-electron chi connectivity index (χ3n) is 3.28. The van der Waals surface area contributed by atoms with Crippen LogP contribution in [0.1, 0.15) is 49.8 Å². The van der Waals surface area contributed by atoms with Crippen molar-refractivity contribution in [2.75, 3.05) is 13.1 Å². The third-order valence-corrected chi connectivity index (χ3v) is 3.28. The fourth-order valence-electron chi connectivity index (χ4n) is 2.20. The van der Waals surface area contributed by atoms with Crippen molar-refractivity contribution in [3.8, 4) is 0 Å². The monoisotopic (exact) mass is 219 g/mol. The summed E-state index contributed by atoms with van der Waals surface area (Å²) in [7, 11) is 0. The van der Waals surface area contributed by atoms with Crippen LogP contribution in [-0.4, -0.2) is 23.1 Å². The molecule has 0 spiro atoms. The molecule has 3 heteroatoms. The molecule has 0 radical (unpaired) electrons. The number of nitrogens with one attached hydrogen (secondary N) is 1. The molecule has 2 rings (SSSR count). The summed E-state index contributed by atoms with van der Waals surface area (Å²) in [6, 6.07) is 2.14. The fraction of sp³-hybridized carbons (Fsp3) is 0.692. The fourth-order valence-corrected chi connectivity index (χ4v) is 2.20. The molecule has 16 heavy (non-hydrogen) atoms. The van der Waals surface area contributed by atoms with E-state index in [0.29, 0.717) is 5.92 Å². The van der Waals surface area contributed by atoms with Crippen molar-refractivity contribution in [1.29, 1.82) is 0 Å². The minimum Gasteiger partial charge on any atom is -0.317 e. The molecule has 0 aliphatic carbocycles. The minimum absolute atomic E-state index is 0.568. The third kappa shape index (κ3) is 2.59. The molecule has 1 N–H and O–H groups in total. The first-order chi connectivity index (χ1) is 7.83. The van der Waals surface area contributed by atoms with E-state index in [1.54, 1.807) is 0 Å². The second-order valence-electron chi connectivity index (χ2n) is 4.44. The molecule has 1 aromatic heterocycles. The summed E-state index contributed by atoms with van der Waals surface area (Å²) in [5.41, 5.74) is 2.39. The summed E-state index contributed by atoms with van der Waals surface area (Å²) in [6.45, 7) is 6.53. The highest BCUT2D eigenvalue weighted by Crippen LogP contribution is 2.22. The SMILES string of the molecule is CCc1cc(CC)nc(C2CCNCC2)n1. The molecule has 0 unspecified atom stereocenters. The zero-order valence-corrected chi connectivity index (χ0v) is 10.3. The van der Waals surface area contributed by atoms with E-state index in [1.807, 2.05) is 0 Å². The van der Waals surface area contributed by atoms with Crippen LogP contribution in [0, 0.1) is 0 Å². The smallest absolute Gasteiger partial charge is 0.132 e. The molecule has 1 aliphatic rings. The Morgan fingerprint density at radius 2 is 1.69 bits per heavy atom. The minimum atomic E-state index is 0.568.